The van der Waals surface area contributed by atoms with Crippen molar-refractivity contribution in [2.75, 3.05) is 12.3 Å². The van der Waals surface area contributed by atoms with Crippen LogP contribution in [0.25, 0.3) is 10.8 Å². The molecular weight excluding hydrogens is 254 g/mol. The van der Waals surface area contributed by atoms with Crippen LogP contribution in [-0.2, 0) is 10.8 Å². The predicted octanol–water partition coefficient (Wildman–Crippen LogP) is 3.08. The summed E-state index contributed by atoms with van der Waals surface area (Å²) in [5.41, 5.74) is 5.91. The Morgan fingerprint density at radius 1 is 1.11 bits per heavy atom. The van der Waals surface area contributed by atoms with E-state index in [9.17, 15) is 4.21 Å². The standard InChI is InChI=1S/C16H19NOS/c17-10-9-16(7-8-16)12-19(18)15-6-5-13-3-1-2-4-14(13)11-15/h1-6,11H,7-10,12,17H2. The van der Waals surface area contributed by atoms with Gasteiger partial charge in [0, 0.05) is 10.6 Å². The van der Waals surface area contributed by atoms with E-state index in [1.54, 1.807) is 0 Å². The summed E-state index contributed by atoms with van der Waals surface area (Å²) in [6, 6.07) is 14.3. The summed E-state index contributed by atoms with van der Waals surface area (Å²) < 4.78 is 12.5. The second-order valence-corrected chi connectivity index (χ2v) is 6.99. The summed E-state index contributed by atoms with van der Waals surface area (Å²) in [7, 11) is -0.903. The molecule has 0 saturated heterocycles. The molecule has 1 aliphatic carbocycles. The minimum Gasteiger partial charge on any atom is -0.330 e. The molecule has 19 heavy (non-hydrogen) atoms. The van der Waals surface area contributed by atoms with E-state index in [0.29, 0.717) is 6.54 Å². The Labute approximate surface area is 116 Å². The maximum atomic E-state index is 12.5. The zero-order valence-electron chi connectivity index (χ0n) is 11.0. The molecule has 100 valence electrons. The van der Waals surface area contributed by atoms with Crippen LogP contribution in [0.4, 0.5) is 0 Å². The molecule has 1 saturated carbocycles. The van der Waals surface area contributed by atoms with Gasteiger partial charge in [-0.1, -0.05) is 30.3 Å². The van der Waals surface area contributed by atoms with Crippen LogP contribution in [0.15, 0.2) is 47.4 Å². The number of benzene rings is 2. The zero-order valence-corrected chi connectivity index (χ0v) is 11.8. The van der Waals surface area contributed by atoms with Gasteiger partial charge in [-0.05, 0) is 54.1 Å². The summed E-state index contributed by atoms with van der Waals surface area (Å²) in [5, 5.41) is 2.36. The number of hydrogen-bond acceptors (Lipinski definition) is 2. The fourth-order valence-electron chi connectivity index (χ4n) is 2.62. The largest absolute Gasteiger partial charge is 0.330 e. The van der Waals surface area contributed by atoms with Crippen molar-refractivity contribution in [3.05, 3.63) is 42.5 Å². The molecule has 1 aliphatic rings. The highest BCUT2D eigenvalue weighted by atomic mass is 32.2. The molecule has 2 aromatic carbocycles. The quantitative estimate of drug-likeness (QED) is 0.909. The molecule has 0 heterocycles. The predicted molar refractivity (Wildman–Crippen MR) is 80.6 cm³/mol. The Balaban J connectivity index is 1.82. The molecule has 0 bridgehead atoms. The minimum atomic E-state index is -0.903. The average molecular weight is 273 g/mol. The molecule has 1 atom stereocenters. The highest BCUT2D eigenvalue weighted by Gasteiger charge is 2.43. The second kappa shape index (κ2) is 5.06. The van der Waals surface area contributed by atoms with Crippen LogP contribution in [-0.4, -0.2) is 16.5 Å². The van der Waals surface area contributed by atoms with Gasteiger partial charge in [-0.2, -0.15) is 0 Å². The molecule has 2 aromatic rings. The molecule has 3 rings (SSSR count). The van der Waals surface area contributed by atoms with Gasteiger partial charge >= 0.3 is 0 Å². The summed E-state index contributed by atoms with van der Waals surface area (Å²) in [6.45, 7) is 0.703. The van der Waals surface area contributed by atoms with Gasteiger partial charge in [-0.15, -0.1) is 0 Å². The Bertz CT molecular complexity index is 619. The van der Waals surface area contributed by atoms with Crippen LogP contribution in [0, 0.1) is 5.41 Å². The number of hydrogen-bond donors (Lipinski definition) is 1. The number of rotatable bonds is 5. The number of fused-ring (bicyclic) bond motifs is 1. The van der Waals surface area contributed by atoms with Crippen molar-refractivity contribution < 1.29 is 4.21 Å². The van der Waals surface area contributed by atoms with Crippen LogP contribution >= 0.6 is 0 Å². The first-order valence-corrected chi connectivity index (χ1v) is 8.12. The maximum Gasteiger partial charge on any atom is 0.0535 e. The van der Waals surface area contributed by atoms with Crippen molar-refractivity contribution >= 4 is 21.6 Å². The van der Waals surface area contributed by atoms with E-state index in [1.807, 2.05) is 18.2 Å². The third kappa shape index (κ3) is 2.72. The monoisotopic (exact) mass is 273 g/mol. The van der Waals surface area contributed by atoms with Gasteiger partial charge in [0.1, 0.15) is 0 Å². The summed E-state index contributed by atoms with van der Waals surface area (Å²) in [4.78, 5) is 0.946. The molecule has 2 N–H and O–H groups in total. The fourth-order valence-corrected chi connectivity index (χ4v) is 4.25. The lowest BCUT2D eigenvalue weighted by atomic mass is 10.1. The smallest absolute Gasteiger partial charge is 0.0535 e. The van der Waals surface area contributed by atoms with E-state index >= 15 is 0 Å². The molecule has 0 aromatic heterocycles. The highest BCUT2D eigenvalue weighted by molar-refractivity contribution is 7.85. The van der Waals surface area contributed by atoms with Gasteiger partial charge in [0.25, 0.3) is 0 Å². The molecular formula is C16H19NOS. The van der Waals surface area contributed by atoms with Crippen LogP contribution in [0.3, 0.4) is 0 Å². The fraction of sp³-hybridized carbons (Fsp3) is 0.375. The van der Waals surface area contributed by atoms with Crippen molar-refractivity contribution in [2.24, 2.45) is 11.1 Å². The Morgan fingerprint density at radius 2 is 1.84 bits per heavy atom. The van der Waals surface area contributed by atoms with Crippen LogP contribution in [0.5, 0.6) is 0 Å². The van der Waals surface area contributed by atoms with E-state index in [4.69, 9.17) is 5.73 Å². The van der Waals surface area contributed by atoms with Crippen molar-refractivity contribution in [1.82, 2.24) is 0 Å². The van der Waals surface area contributed by atoms with Crippen molar-refractivity contribution in [3.8, 4) is 0 Å². The summed E-state index contributed by atoms with van der Waals surface area (Å²) in [5.74, 6) is 0.766. The first-order chi connectivity index (χ1) is 9.22. The second-order valence-electron chi connectivity index (χ2n) is 5.54. The third-order valence-electron chi connectivity index (χ3n) is 4.05. The lowest BCUT2D eigenvalue weighted by molar-refractivity contribution is 0.529. The van der Waals surface area contributed by atoms with Crippen molar-refractivity contribution in [1.29, 1.82) is 0 Å². The third-order valence-corrected chi connectivity index (χ3v) is 5.71. The van der Waals surface area contributed by atoms with E-state index in [1.165, 1.54) is 18.2 Å². The summed E-state index contributed by atoms with van der Waals surface area (Å²) >= 11 is 0. The Kier molecular flexibility index (Phi) is 3.42. The minimum absolute atomic E-state index is 0.269. The van der Waals surface area contributed by atoms with Crippen LogP contribution < -0.4 is 5.73 Å². The van der Waals surface area contributed by atoms with Gasteiger partial charge in [0.05, 0.1) is 10.8 Å². The summed E-state index contributed by atoms with van der Waals surface area (Å²) in [6.07, 6.45) is 3.37. The number of nitrogens with two attached hydrogens (primary N) is 1. The van der Waals surface area contributed by atoms with Crippen LogP contribution in [0.1, 0.15) is 19.3 Å². The lowest BCUT2D eigenvalue weighted by Crippen LogP contribution is -2.16. The van der Waals surface area contributed by atoms with Gasteiger partial charge < -0.3 is 5.73 Å². The van der Waals surface area contributed by atoms with E-state index in [0.717, 1.165) is 22.5 Å². The molecule has 0 aliphatic heterocycles. The molecule has 3 heteroatoms. The van der Waals surface area contributed by atoms with Crippen molar-refractivity contribution in [3.63, 3.8) is 0 Å². The first-order valence-electron chi connectivity index (χ1n) is 6.80. The molecule has 2 nitrogen and oxygen atoms in total. The van der Waals surface area contributed by atoms with Gasteiger partial charge in [-0.25, -0.2) is 0 Å². The topological polar surface area (TPSA) is 43.1 Å². The molecule has 0 amide bonds. The van der Waals surface area contributed by atoms with Crippen LogP contribution in [0.2, 0.25) is 0 Å². The maximum absolute atomic E-state index is 12.5. The van der Waals surface area contributed by atoms with E-state index in [2.05, 4.69) is 24.3 Å². The molecule has 1 unspecified atom stereocenters. The molecule has 1 fully saturated rings. The SMILES string of the molecule is NCCC1(CS(=O)c2ccc3ccccc3c2)CC1. The Hall–Kier alpha value is -1.19. The molecule has 0 spiro atoms. The Morgan fingerprint density at radius 3 is 2.53 bits per heavy atom. The van der Waals surface area contributed by atoms with E-state index in [-0.39, 0.29) is 5.41 Å². The normalized spacial score (nSPS) is 18.4. The van der Waals surface area contributed by atoms with Gasteiger partial charge in [0.2, 0.25) is 0 Å². The highest BCUT2D eigenvalue weighted by Crippen LogP contribution is 2.49. The van der Waals surface area contributed by atoms with Crippen molar-refractivity contribution in [2.45, 2.75) is 24.2 Å². The van der Waals surface area contributed by atoms with Gasteiger partial charge in [-0.3, -0.25) is 4.21 Å². The molecule has 0 radical (unpaired) electrons. The van der Waals surface area contributed by atoms with Gasteiger partial charge in [0.15, 0.2) is 0 Å². The zero-order chi connectivity index (χ0) is 13.3. The lowest BCUT2D eigenvalue weighted by Gasteiger charge is -2.13. The average Bonchev–Trinajstić information content (AvgIpc) is 3.18. The van der Waals surface area contributed by atoms with E-state index < -0.39 is 10.8 Å². The first kappa shape index (κ1) is 12.8.